The molecule has 94 valence electrons. The van der Waals surface area contributed by atoms with E-state index < -0.39 is 18.5 Å². The van der Waals surface area contributed by atoms with Crippen molar-refractivity contribution in [1.82, 2.24) is 9.55 Å². The molecule has 1 aromatic rings. The number of aryl methyl sites for hydroxylation is 2. The largest absolute Gasteiger partial charge is 0.434 e. The highest BCUT2D eigenvalue weighted by Gasteiger charge is 2.34. The summed E-state index contributed by atoms with van der Waals surface area (Å²) in [5.41, 5.74) is -0.956. The van der Waals surface area contributed by atoms with Gasteiger partial charge < -0.3 is 4.57 Å². The predicted molar refractivity (Wildman–Crippen MR) is 53.9 cm³/mol. The van der Waals surface area contributed by atoms with Crippen molar-refractivity contribution >= 4 is 0 Å². The molecule has 0 bridgehead atoms. The Morgan fingerprint density at radius 2 is 1.88 bits per heavy atom. The molecular formula is C10H16F4N2. The van der Waals surface area contributed by atoms with E-state index in [0.29, 0.717) is 6.42 Å². The maximum absolute atomic E-state index is 12.2. The number of halogens is 4. The second-order valence-corrected chi connectivity index (χ2v) is 2.78. The van der Waals surface area contributed by atoms with Crippen molar-refractivity contribution in [2.75, 3.05) is 6.67 Å². The molecule has 0 aromatic carbocycles. The van der Waals surface area contributed by atoms with E-state index in [0.717, 1.165) is 6.20 Å². The minimum Gasteiger partial charge on any atom is -0.332 e. The summed E-state index contributed by atoms with van der Waals surface area (Å²) >= 11 is 0. The molecule has 0 aliphatic heterocycles. The highest BCUT2D eigenvalue weighted by Crippen LogP contribution is 2.28. The molecular weight excluding hydrogens is 224 g/mol. The Hall–Kier alpha value is -1.07. The summed E-state index contributed by atoms with van der Waals surface area (Å²) in [4.78, 5) is 3.39. The number of alkyl halides is 4. The van der Waals surface area contributed by atoms with Gasteiger partial charge >= 0.3 is 6.18 Å². The second-order valence-electron chi connectivity index (χ2n) is 2.78. The van der Waals surface area contributed by atoms with Gasteiger partial charge in [-0.15, -0.1) is 0 Å². The first-order chi connectivity index (χ1) is 7.49. The highest BCUT2D eigenvalue weighted by atomic mass is 19.4. The van der Waals surface area contributed by atoms with Crippen LogP contribution in [0.1, 0.15) is 32.3 Å². The fourth-order valence-corrected chi connectivity index (χ4v) is 1.16. The summed E-state index contributed by atoms with van der Waals surface area (Å²) in [5.74, 6) is 0.259. The van der Waals surface area contributed by atoms with Crippen LogP contribution in [0.25, 0.3) is 0 Å². The van der Waals surface area contributed by atoms with Gasteiger partial charge in [0.05, 0.1) is 6.54 Å². The van der Waals surface area contributed by atoms with Gasteiger partial charge in [0.2, 0.25) is 0 Å². The normalized spacial score (nSPS) is 10.9. The molecule has 0 aliphatic carbocycles. The van der Waals surface area contributed by atoms with Crippen molar-refractivity contribution in [3.8, 4) is 0 Å². The van der Waals surface area contributed by atoms with Crippen LogP contribution in [0.5, 0.6) is 0 Å². The van der Waals surface area contributed by atoms with Crippen LogP contribution < -0.4 is 0 Å². The van der Waals surface area contributed by atoms with Crippen LogP contribution in [0.2, 0.25) is 0 Å². The van der Waals surface area contributed by atoms with E-state index in [4.69, 9.17) is 0 Å². The molecule has 1 rings (SSSR count). The van der Waals surface area contributed by atoms with E-state index in [1.54, 1.807) is 6.92 Å². The van der Waals surface area contributed by atoms with Crippen LogP contribution in [0.3, 0.4) is 0 Å². The lowest BCUT2D eigenvalue weighted by Crippen LogP contribution is -2.05. The second kappa shape index (κ2) is 6.50. The van der Waals surface area contributed by atoms with Crippen molar-refractivity contribution in [3.05, 3.63) is 17.7 Å². The maximum atomic E-state index is 12.2. The van der Waals surface area contributed by atoms with Crippen LogP contribution in [-0.2, 0) is 19.1 Å². The first kappa shape index (κ1) is 14.9. The zero-order valence-corrected chi connectivity index (χ0v) is 9.60. The van der Waals surface area contributed by atoms with E-state index in [9.17, 15) is 17.6 Å². The van der Waals surface area contributed by atoms with Gasteiger partial charge in [-0.25, -0.2) is 9.37 Å². The van der Waals surface area contributed by atoms with E-state index in [2.05, 4.69) is 4.98 Å². The molecule has 0 atom stereocenters. The zero-order valence-electron chi connectivity index (χ0n) is 9.60. The van der Waals surface area contributed by atoms with Crippen LogP contribution in [-0.4, -0.2) is 16.2 Å². The summed E-state index contributed by atoms with van der Waals surface area (Å²) < 4.78 is 49.7. The Kier molecular flexibility index (Phi) is 6.06. The Bertz CT molecular complexity index is 304. The smallest absolute Gasteiger partial charge is 0.332 e. The summed E-state index contributed by atoms with van der Waals surface area (Å²) in [7, 11) is 0. The molecule has 0 spiro atoms. The lowest BCUT2D eigenvalue weighted by Gasteiger charge is -2.00. The lowest BCUT2D eigenvalue weighted by atomic mass is 10.4. The maximum Gasteiger partial charge on any atom is 0.434 e. The number of imidazole rings is 1. The molecule has 0 aliphatic rings. The van der Waals surface area contributed by atoms with Crippen molar-refractivity contribution in [3.63, 3.8) is 0 Å². The number of rotatable bonds is 3. The van der Waals surface area contributed by atoms with Crippen molar-refractivity contribution in [2.45, 2.75) is 39.9 Å². The zero-order chi connectivity index (χ0) is 12.8. The topological polar surface area (TPSA) is 17.8 Å². The minimum absolute atomic E-state index is 0.0771. The molecule has 0 radical (unpaired) electrons. The van der Waals surface area contributed by atoms with Gasteiger partial charge in [0.25, 0.3) is 0 Å². The van der Waals surface area contributed by atoms with Gasteiger partial charge in [-0.2, -0.15) is 13.2 Å². The summed E-state index contributed by atoms with van der Waals surface area (Å²) in [6, 6.07) is 0. The Balaban J connectivity index is 0.00000106. The number of hydrogen-bond donors (Lipinski definition) is 0. The average Bonchev–Trinajstić information content (AvgIpc) is 2.64. The molecule has 6 heteroatoms. The molecule has 0 N–H and O–H groups in total. The average molecular weight is 240 g/mol. The molecule has 0 fully saturated rings. The minimum atomic E-state index is -4.45. The van der Waals surface area contributed by atoms with Crippen LogP contribution >= 0.6 is 0 Å². The molecule has 1 heterocycles. The van der Waals surface area contributed by atoms with Crippen LogP contribution in [0.15, 0.2) is 6.20 Å². The molecule has 16 heavy (non-hydrogen) atoms. The molecule has 0 unspecified atom stereocenters. The first-order valence-corrected chi connectivity index (χ1v) is 5.18. The van der Waals surface area contributed by atoms with Crippen LogP contribution in [0, 0.1) is 0 Å². The van der Waals surface area contributed by atoms with Crippen LogP contribution in [0.4, 0.5) is 17.6 Å². The Morgan fingerprint density at radius 3 is 2.25 bits per heavy atom. The van der Waals surface area contributed by atoms with Crippen molar-refractivity contribution < 1.29 is 17.6 Å². The Labute approximate surface area is 92.3 Å². The highest BCUT2D eigenvalue weighted by molar-refractivity contribution is 5.07. The molecule has 0 saturated heterocycles. The third-order valence-electron chi connectivity index (χ3n) is 1.79. The van der Waals surface area contributed by atoms with E-state index in [-0.39, 0.29) is 12.4 Å². The van der Waals surface area contributed by atoms with Gasteiger partial charge in [0.1, 0.15) is 12.5 Å². The molecule has 2 nitrogen and oxygen atoms in total. The van der Waals surface area contributed by atoms with Crippen molar-refractivity contribution in [2.24, 2.45) is 0 Å². The summed E-state index contributed by atoms with van der Waals surface area (Å²) in [6.45, 7) is 4.91. The van der Waals surface area contributed by atoms with Gasteiger partial charge in [0.15, 0.2) is 5.69 Å². The summed E-state index contributed by atoms with van der Waals surface area (Å²) in [5, 5.41) is 0. The fourth-order valence-electron chi connectivity index (χ4n) is 1.16. The molecule has 0 saturated carbocycles. The number of hydrogen-bond acceptors (Lipinski definition) is 1. The van der Waals surface area contributed by atoms with E-state index in [1.807, 2.05) is 13.8 Å². The van der Waals surface area contributed by atoms with Gasteiger partial charge in [0, 0.05) is 12.6 Å². The molecule has 0 amide bonds. The Morgan fingerprint density at radius 1 is 1.31 bits per heavy atom. The third-order valence-corrected chi connectivity index (χ3v) is 1.79. The van der Waals surface area contributed by atoms with E-state index in [1.165, 1.54) is 4.57 Å². The monoisotopic (exact) mass is 240 g/mol. The van der Waals surface area contributed by atoms with Gasteiger partial charge in [-0.3, -0.25) is 0 Å². The fraction of sp³-hybridized carbons (Fsp3) is 0.700. The van der Waals surface area contributed by atoms with Crippen molar-refractivity contribution in [1.29, 1.82) is 0 Å². The lowest BCUT2D eigenvalue weighted by molar-refractivity contribution is -0.141. The van der Waals surface area contributed by atoms with E-state index >= 15 is 0 Å². The molecule has 1 aromatic heterocycles. The predicted octanol–water partition coefficient (Wildman–Crippen LogP) is 3.46. The number of nitrogens with zero attached hydrogens (tertiary/aromatic N) is 2. The van der Waals surface area contributed by atoms with Gasteiger partial charge in [-0.1, -0.05) is 20.8 Å². The van der Waals surface area contributed by atoms with Gasteiger partial charge in [-0.05, 0) is 0 Å². The quantitative estimate of drug-likeness (QED) is 0.740. The standard InChI is InChI=1S/C8H10F4N2.C2H6/c1-2-7-13-6(8(10,11)12)5-14(7)4-3-9;1-2/h5H,2-4H2,1H3;1-2H3. The third kappa shape index (κ3) is 3.83. The SMILES string of the molecule is CC.CCc1nc(C(F)(F)F)cn1CCF. The summed E-state index contributed by atoms with van der Waals surface area (Å²) in [6.07, 6.45) is -3.25. The number of aromatic nitrogens is 2. The first-order valence-electron chi connectivity index (χ1n) is 5.18.